The van der Waals surface area contributed by atoms with Gasteiger partial charge in [0.2, 0.25) is 0 Å². The van der Waals surface area contributed by atoms with Crippen molar-refractivity contribution >= 4 is 11.6 Å². The molecule has 56 valence electrons. The van der Waals surface area contributed by atoms with Crippen LogP contribution in [-0.2, 0) is 6.42 Å². The van der Waals surface area contributed by atoms with Gasteiger partial charge in [-0.05, 0) is 24.1 Å². The Morgan fingerprint density at radius 3 is 2.00 bits per heavy atom. The zero-order chi connectivity index (χ0) is 6.69. The first-order chi connectivity index (χ1) is 4.33. The Morgan fingerprint density at radius 2 is 1.64 bits per heavy atom. The van der Waals surface area contributed by atoms with Gasteiger partial charge in [0.05, 0.1) is 0 Å². The van der Waals surface area contributed by atoms with Crippen molar-refractivity contribution in [2.45, 2.75) is 13.3 Å². The summed E-state index contributed by atoms with van der Waals surface area (Å²) in [6.07, 6.45) is 1.08. The summed E-state index contributed by atoms with van der Waals surface area (Å²) in [4.78, 5) is 0. The summed E-state index contributed by atoms with van der Waals surface area (Å²) >= 11 is 5.67. The molecule has 0 saturated heterocycles. The third-order valence-electron chi connectivity index (χ3n) is 1.32. The van der Waals surface area contributed by atoms with E-state index in [1.165, 1.54) is 5.56 Å². The fraction of sp³-hybridized carbons (Fsp3) is 0.250. The number of hydrogen-bond donors (Lipinski definition) is 0. The second-order valence-electron chi connectivity index (χ2n) is 1.98. The smallest absolute Gasteiger partial charge is 0.870 e. The van der Waals surface area contributed by atoms with Crippen LogP contribution in [0.1, 0.15) is 12.5 Å². The molecule has 3 heteroatoms. The summed E-state index contributed by atoms with van der Waals surface area (Å²) in [6, 6.07) is 7.92. The van der Waals surface area contributed by atoms with Crippen LogP contribution >= 0.6 is 11.6 Å². The normalized spacial score (nSPS) is 7.82. The SMILES string of the molecule is CCc1ccc(Cl)cc1.[K+].[OH-]. The first-order valence-corrected chi connectivity index (χ1v) is 3.45. The standard InChI is InChI=1S/C8H9Cl.K.H2O/c1-2-7-3-5-8(9)6-4-7;;/h3-6H,2H2,1H3;;1H2/q;+1;/p-1. The summed E-state index contributed by atoms with van der Waals surface area (Å²) < 4.78 is 0. The molecule has 0 aliphatic carbocycles. The van der Waals surface area contributed by atoms with E-state index in [2.05, 4.69) is 6.92 Å². The molecule has 0 radical (unpaired) electrons. The van der Waals surface area contributed by atoms with E-state index in [0.717, 1.165) is 11.4 Å². The molecule has 0 aromatic heterocycles. The Balaban J connectivity index is 0. The van der Waals surface area contributed by atoms with Crippen LogP contribution in [0.25, 0.3) is 0 Å². The van der Waals surface area contributed by atoms with E-state index in [4.69, 9.17) is 11.6 Å². The third kappa shape index (κ3) is 5.36. The molecule has 0 bridgehead atoms. The molecule has 1 nitrogen and oxygen atoms in total. The summed E-state index contributed by atoms with van der Waals surface area (Å²) in [7, 11) is 0. The van der Waals surface area contributed by atoms with Crippen LogP contribution in [0, 0.1) is 0 Å². The molecule has 0 saturated carbocycles. The van der Waals surface area contributed by atoms with E-state index < -0.39 is 0 Å². The van der Waals surface area contributed by atoms with Crippen LogP contribution in [0.4, 0.5) is 0 Å². The summed E-state index contributed by atoms with van der Waals surface area (Å²) in [5.74, 6) is 0. The van der Waals surface area contributed by atoms with Gasteiger partial charge in [-0.3, -0.25) is 0 Å². The summed E-state index contributed by atoms with van der Waals surface area (Å²) in [5, 5.41) is 0.812. The fourth-order valence-electron chi connectivity index (χ4n) is 0.720. The van der Waals surface area contributed by atoms with Crippen molar-refractivity contribution in [3.8, 4) is 0 Å². The molecule has 0 fully saturated rings. The van der Waals surface area contributed by atoms with Gasteiger partial charge in [-0.25, -0.2) is 0 Å². The van der Waals surface area contributed by atoms with Crippen molar-refractivity contribution in [2.75, 3.05) is 0 Å². The molecule has 1 aromatic carbocycles. The largest absolute Gasteiger partial charge is 1.00 e. The molecule has 0 aliphatic rings. The zero-order valence-electron chi connectivity index (χ0n) is 6.84. The Bertz CT molecular complexity index is 186. The molecule has 11 heavy (non-hydrogen) atoms. The minimum Gasteiger partial charge on any atom is -0.870 e. The minimum atomic E-state index is 0. The van der Waals surface area contributed by atoms with Crippen molar-refractivity contribution in [2.24, 2.45) is 0 Å². The van der Waals surface area contributed by atoms with Gasteiger partial charge in [-0.1, -0.05) is 30.7 Å². The van der Waals surface area contributed by atoms with Crippen LogP contribution in [0.3, 0.4) is 0 Å². The first-order valence-electron chi connectivity index (χ1n) is 3.07. The predicted molar refractivity (Wildman–Crippen MR) is 42.8 cm³/mol. The van der Waals surface area contributed by atoms with Gasteiger partial charge in [-0.2, -0.15) is 0 Å². The molecule has 1 rings (SSSR count). The van der Waals surface area contributed by atoms with Gasteiger partial charge >= 0.3 is 51.4 Å². The van der Waals surface area contributed by atoms with Crippen LogP contribution < -0.4 is 51.4 Å². The van der Waals surface area contributed by atoms with Crippen LogP contribution in [0.5, 0.6) is 0 Å². The second kappa shape index (κ2) is 7.74. The minimum absolute atomic E-state index is 0. The van der Waals surface area contributed by atoms with E-state index in [9.17, 15) is 0 Å². The summed E-state index contributed by atoms with van der Waals surface area (Å²) in [5.41, 5.74) is 1.33. The Labute approximate surface area is 115 Å². The number of halogens is 1. The van der Waals surface area contributed by atoms with Crippen molar-refractivity contribution in [1.29, 1.82) is 0 Å². The van der Waals surface area contributed by atoms with Crippen LogP contribution in [0.15, 0.2) is 24.3 Å². The molecule has 0 spiro atoms. The van der Waals surface area contributed by atoms with E-state index in [-0.39, 0.29) is 56.9 Å². The maximum Gasteiger partial charge on any atom is 1.00 e. The molecule has 0 heterocycles. The number of aryl methyl sites for hydroxylation is 1. The third-order valence-corrected chi connectivity index (χ3v) is 1.57. The summed E-state index contributed by atoms with van der Waals surface area (Å²) in [6.45, 7) is 2.13. The predicted octanol–water partition coefficient (Wildman–Crippen LogP) is -0.270. The monoisotopic (exact) mass is 196 g/mol. The Kier molecular flexibility index (Phi) is 10.3. The van der Waals surface area contributed by atoms with Crippen molar-refractivity contribution in [1.82, 2.24) is 0 Å². The molecular weight excluding hydrogens is 187 g/mol. The zero-order valence-corrected chi connectivity index (χ0v) is 10.7. The first kappa shape index (κ1) is 14.6. The van der Waals surface area contributed by atoms with Gasteiger partial charge in [-0.15, -0.1) is 0 Å². The maximum atomic E-state index is 5.67. The molecule has 0 unspecified atom stereocenters. The van der Waals surface area contributed by atoms with Gasteiger partial charge < -0.3 is 5.48 Å². The molecule has 0 amide bonds. The van der Waals surface area contributed by atoms with E-state index in [0.29, 0.717) is 0 Å². The quantitative estimate of drug-likeness (QED) is 0.569. The Morgan fingerprint density at radius 1 is 1.18 bits per heavy atom. The van der Waals surface area contributed by atoms with Gasteiger partial charge in [0.1, 0.15) is 0 Å². The maximum absolute atomic E-state index is 5.67. The fourth-order valence-corrected chi connectivity index (χ4v) is 0.846. The topological polar surface area (TPSA) is 30.0 Å². The number of rotatable bonds is 1. The molecule has 0 aliphatic heterocycles. The molecular formula is C8H10ClKO. The average molecular weight is 197 g/mol. The van der Waals surface area contributed by atoms with Gasteiger partial charge in [0, 0.05) is 5.02 Å². The number of benzene rings is 1. The van der Waals surface area contributed by atoms with Crippen molar-refractivity contribution < 1.29 is 56.9 Å². The van der Waals surface area contributed by atoms with E-state index in [1.807, 2.05) is 24.3 Å². The van der Waals surface area contributed by atoms with Crippen LogP contribution in [-0.4, -0.2) is 5.48 Å². The van der Waals surface area contributed by atoms with Crippen LogP contribution in [0.2, 0.25) is 5.02 Å². The van der Waals surface area contributed by atoms with Crippen molar-refractivity contribution in [3.63, 3.8) is 0 Å². The average Bonchev–Trinajstić information content (AvgIpc) is 1.90. The molecule has 1 N–H and O–H groups in total. The Hall–Kier alpha value is 1.11. The number of hydrogen-bond acceptors (Lipinski definition) is 1. The van der Waals surface area contributed by atoms with E-state index >= 15 is 0 Å². The van der Waals surface area contributed by atoms with Gasteiger partial charge in [0.25, 0.3) is 0 Å². The molecule has 1 aromatic rings. The van der Waals surface area contributed by atoms with E-state index in [1.54, 1.807) is 0 Å². The molecule has 0 atom stereocenters. The van der Waals surface area contributed by atoms with Gasteiger partial charge in [0.15, 0.2) is 0 Å². The van der Waals surface area contributed by atoms with Crippen molar-refractivity contribution in [3.05, 3.63) is 34.9 Å². The second-order valence-corrected chi connectivity index (χ2v) is 2.42.